The molecule has 4 aliphatic rings. The van der Waals surface area contributed by atoms with Gasteiger partial charge in [0.25, 0.3) is 0 Å². The van der Waals surface area contributed by atoms with Crippen LogP contribution in [0.25, 0.3) is 9.69 Å². The Balaban J connectivity index is 0.000000141. The maximum absolute atomic E-state index is 6.95. The van der Waals surface area contributed by atoms with E-state index in [0.29, 0.717) is 22.7 Å². The highest BCUT2D eigenvalue weighted by Crippen LogP contribution is 2.60. The Morgan fingerprint density at radius 3 is 1.33 bits per heavy atom. The summed E-state index contributed by atoms with van der Waals surface area (Å²) in [5, 5.41) is 0. The average Bonchev–Trinajstić information content (AvgIpc) is 3.25. The Kier molecular flexibility index (Phi) is 4.72. The highest BCUT2D eigenvalue weighted by atomic mass is 14.7. The second-order valence-electron chi connectivity index (χ2n) is 10.1. The van der Waals surface area contributed by atoms with Gasteiger partial charge in [0, 0.05) is 11.8 Å². The van der Waals surface area contributed by atoms with E-state index >= 15 is 0 Å². The minimum atomic E-state index is 0.466. The molecule has 0 amide bonds. The van der Waals surface area contributed by atoms with E-state index in [-0.39, 0.29) is 0 Å². The first-order chi connectivity index (χ1) is 11.3. The smallest absolute Gasteiger partial charge is 0.218 e. The van der Waals surface area contributed by atoms with Crippen molar-refractivity contribution >= 4 is 0 Å². The van der Waals surface area contributed by atoms with E-state index in [1.165, 1.54) is 38.5 Å². The molecule has 0 unspecified atom stereocenters. The summed E-state index contributed by atoms with van der Waals surface area (Å²) in [6.07, 6.45) is 8.46. The summed E-state index contributed by atoms with van der Waals surface area (Å²) in [5.74, 6) is 5.03. The second-order valence-corrected chi connectivity index (χ2v) is 10.1. The van der Waals surface area contributed by atoms with Crippen molar-refractivity contribution in [3.05, 3.63) is 22.8 Å². The van der Waals surface area contributed by atoms with Crippen LogP contribution in [-0.2, 0) is 0 Å². The van der Waals surface area contributed by atoms with Gasteiger partial charge in [-0.25, -0.2) is 13.1 Å². The van der Waals surface area contributed by atoms with Crippen LogP contribution < -0.4 is 0 Å². The highest BCUT2D eigenvalue weighted by molar-refractivity contribution is 5.04. The Morgan fingerprint density at radius 2 is 1.08 bits per heavy atom. The lowest BCUT2D eigenvalue weighted by molar-refractivity contribution is 0.135. The van der Waals surface area contributed by atoms with Gasteiger partial charge in [-0.3, -0.25) is 0 Å². The van der Waals surface area contributed by atoms with Crippen molar-refractivity contribution in [2.45, 2.75) is 66.2 Å². The lowest BCUT2D eigenvalue weighted by Gasteiger charge is -2.35. The van der Waals surface area contributed by atoms with Crippen LogP contribution in [0.4, 0.5) is 0 Å². The second kappa shape index (κ2) is 6.37. The maximum atomic E-state index is 6.95. The minimum Gasteiger partial charge on any atom is -0.317 e. The molecule has 4 fully saturated rings. The van der Waals surface area contributed by atoms with E-state index in [4.69, 9.17) is 13.1 Å². The van der Waals surface area contributed by atoms with Crippen LogP contribution in [0.3, 0.4) is 0 Å². The third-order valence-corrected chi connectivity index (χ3v) is 8.68. The van der Waals surface area contributed by atoms with Crippen LogP contribution in [0.1, 0.15) is 66.2 Å². The molecule has 0 aliphatic heterocycles. The Morgan fingerprint density at radius 1 is 0.708 bits per heavy atom. The standard InChI is InChI=1S/2C11H17N/c2*1-11(2)9-5-4-8(6-9)10(11)7-12-3/h2*8-10H,4-7H2,1-2H3/t8-,9+,10+;8-,9+,10-/m11/s1. The minimum absolute atomic E-state index is 0.466. The van der Waals surface area contributed by atoms with E-state index < -0.39 is 0 Å². The van der Waals surface area contributed by atoms with Crippen LogP contribution in [0.2, 0.25) is 0 Å². The van der Waals surface area contributed by atoms with Gasteiger partial charge in [-0.15, -0.1) is 0 Å². The molecule has 24 heavy (non-hydrogen) atoms. The molecule has 6 atom stereocenters. The SMILES string of the molecule is [C-]#[N+]C[C@@H]1[C@@H]2CC[C@@H](C2)C1(C)C.[C-]#[N+]C[C@H]1[C@@H]2CC[C@@H](C2)C1(C)C. The number of hydrogen-bond acceptors (Lipinski definition) is 0. The van der Waals surface area contributed by atoms with Crippen molar-refractivity contribution in [1.29, 1.82) is 0 Å². The molecule has 0 radical (unpaired) electrons. The van der Waals surface area contributed by atoms with Gasteiger partial charge in [-0.05, 0) is 73.0 Å². The summed E-state index contributed by atoms with van der Waals surface area (Å²) in [4.78, 5) is 7.16. The van der Waals surface area contributed by atoms with Crippen LogP contribution in [0, 0.1) is 59.5 Å². The molecule has 0 aromatic carbocycles. The molecule has 0 N–H and O–H groups in total. The van der Waals surface area contributed by atoms with Gasteiger partial charge in [0.1, 0.15) is 0 Å². The summed E-state index contributed by atoms with van der Waals surface area (Å²) in [6, 6.07) is 0. The number of hydrogen-bond donors (Lipinski definition) is 0. The van der Waals surface area contributed by atoms with Gasteiger partial charge in [-0.1, -0.05) is 27.7 Å². The maximum Gasteiger partial charge on any atom is 0.218 e. The normalized spacial score (nSPS) is 42.9. The topological polar surface area (TPSA) is 8.72 Å². The first-order valence-corrected chi connectivity index (χ1v) is 9.98. The molecule has 0 aromatic rings. The molecule has 4 bridgehead atoms. The zero-order valence-electron chi connectivity index (χ0n) is 16.0. The molecule has 2 nitrogen and oxygen atoms in total. The average molecular weight is 327 g/mol. The highest BCUT2D eigenvalue weighted by Gasteiger charge is 2.54. The monoisotopic (exact) mass is 326 g/mol. The fourth-order valence-corrected chi connectivity index (χ4v) is 6.90. The largest absolute Gasteiger partial charge is 0.317 e. The fourth-order valence-electron chi connectivity index (χ4n) is 6.90. The van der Waals surface area contributed by atoms with Crippen molar-refractivity contribution in [3.8, 4) is 0 Å². The lowest BCUT2D eigenvalue weighted by Crippen LogP contribution is -2.32. The van der Waals surface area contributed by atoms with Crippen molar-refractivity contribution in [3.63, 3.8) is 0 Å². The van der Waals surface area contributed by atoms with E-state index in [1.54, 1.807) is 0 Å². The third kappa shape index (κ3) is 2.77. The number of rotatable bonds is 2. The van der Waals surface area contributed by atoms with Gasteiger partial charge in [0.2, 0.25) is 13.1 Å². The van der Waals surface area contributed by atoms with Gasteiger partial charge in [0.15, 0.2) is 0 Å². The van der Waals surface area contributed by atoms with Crippen molar-refractivity contribution in [2.24, 2.45) is 46.3 Å². The summed E-state index contributed by atoms with van der Waals surface area (Å²) in [7, 11) is 0. The molecular formula is C22H34N2. The zero-order chi connectivity index (χ0) is 17.5. The van der Waals surface area contributed by atoms with Gasteiger partial charge in [-0.2, -0.15) is 0 Å². The van der Waals surface area contributed by atoms with Crippen LogP contribution >= 0.6 is 0 Å². The van der Waals surface area contributed by atoms with Crippen molar-refractivity contribution in [1.82, 2.24) is 0 Å². The molecule has 0 aromatic heterocycles. The quantitative estimate of drug-likeness (QED) is 0.554. The Labute approximate surface area is 149 Å². The summed E-state index contributed by atoms with van der Waals surface area (Å²) in [5.41, 5.74) is 0.931. The molecule has 0 spiro atoms. The van der Waals surface area contributed by atoms with Crippen LogP contribution in [-0.4, -0.2) is 13.1 Å². The Hall–Kier alpha value is -1.02. The predicted molar refractivity (Wildman–Crippen MR) is 99.1 cm³/mol. The summed E-state index contributed by atoms with van der Waals surface area (Å²) in [6.45, 7) is 24.9. The van der Waals surface area contributed by atoms with Crippen LogP contribution in [0.15, 0.2) is 0 Å². The summed E-state index contributed by atoms with van der Waals surface area (Å²) >= 11 is 0. The van der Waals surface area contributed by atoms with Crippen molar-refractivity contribution < 1.29 is 0 Å². The molecule has 4 rings (SSSR count). The molecular weight excluding hydrogens is 292 g/mol. The predicted octanol–water partition coefficient (Wildman–Crippen LogP) is 5.96. The first kappa shape index (κ1) is 17.8. The third-order valence-electron chi connectivity index (χ3n) is 8.68. The number of fused-ring (bicyclic) bond motifs is 4. The number of nitrogens with zero attached hydrogens (tertiary/aromatic N) is 2. The van der Waals surface area contributed by atoms with Gasteiger partial charge >= 0.3 is 0 Å². The summed E-state index contributed by atoms with van der Waals surface area (Å²) < 4.78 is 0. The molecule has 2 heteroatoms. The van der Waals surface area contributed by atoms with Gasteiger partial charge < -0.3 is 9.69 Å². The Bertz CT molecular complexity index is 497. The van der Waals surface area contributed by atoms with E-state index in [2.05, 4.69) is 37.4 Å². The molecule has 0 heterocycles. The molecule has 0 saturated heterocycles. The van der Waals surface area contributed by atoms with E-state index in [0.717, 1.165) is 36.8 Å². The molecule has 4 aliphatic carbocycles. The van der Waals surface area contributed by atoms with Crippen molar-refractivity contribution in [2.75, 3.05) is 13.1 Å². The molecule has 132 valence electrons. The van der Waals surface area contributed by atoms with E-state index in [1.807, 2.05) is 0 Å². The van der Waals surface area contributed by atoms with Gasteiger partial charge in [0.05, 0.1) is 0 Å². The van der Waals surface area contributed by atoms with E-state index in [9.17, 15) is 0 Å². The first-order valence-electron chi connectivity index (χ1n) is 9.98. The lowest BCUT2D eigenvalue weighted by atomic mass is 9.69. The fraction of sp³-hybridized carbons (Fsp3) is 0.909. The van der Waals surface area contributed by atoms with Crippen LogP contribution in [0.5, 0.6) is 0 Å². The molecule has 4 saturated carbocycles. The zero-order valence-corrected chi connectivity index (χ0v) is 16.0.